The van der Waals surface area contributed by atoms with Gasteiger partial charge in [-0.25, -0.2) is 13.1 Å². The molecule has 1 aliphatic heterocycles. The second kappa shape index (κ2) is 6.53. The molecule has 3 aromatic rings. The summed E-state index contributed by atoms with van der Waals surface area (Å²) in [5.74, 6) is -0.570. The minimum absolute atomic E-state index is 0.000912. The number of benzene rings is 1. The SMILES string of the molecule is O=C(Cc1cnn2c1CCCC2)NS(=O)(=O)c1cccc2cccnc12. The van der Waals surface area contributed by atoms with Gasteiger partial charge >= 0.3 is 0 Å². The van der Waals surface area contributed by atoms with Crippen molar-refractivity contribution in [3.63, 3.8) is 0 Å². The molecular weight excluding hydrogens is 352 g/mol. The van der Waals surface area contributed by atoms with E-state index in [1.165, 1.54) is 12.3 Å². The molecule has 4 rings (SSSR count). The number of para-hydroxylation sites is 1. The Morgan fingerprint density at radius 3 is 2.92 bits per heavy atom. The van der Waals surface area contributed by atoms with Gasteiger partial charge in [0, 0.05) is 29.4 Å². The first-order chi connectivity index (χ1) is 12.5. The Hall–Kier alpha value is -2.74. The fraction of sp³-hybridized carbons (Fsp3) is 0.278. The predicted molar refractivity (Wildman–Crippen MR) is 95.9 cm³/mol. The summed E-state index contributed by atoms with van der Waals surface area (Å²) in [6.45, 7) is 0.844. The number of carbonyl (C=O) groups is 1. The molecule has 0 unspecified atom stereocenters. The maximum Gasteiger partial charge on any atom is 0.266 e. The molecule has 3 heterocycles. The second-order valence-corrected chi connectivity index (χ2v) is 7.98. The van der Waals surface area contributed by atoms with Crippen LogP contribution >= 0.6 is 0 Å². The highest BCUT2D eigenvalue weighted by molar-refractivity contribution is 7.90. The van der Waals surface area contributed by atoms with Crippen molar-refractivity contribution in [3.05, 3.63) is 54.0 Å². The zero-order valence-electron chi connectivity index (χ0n) is 14.1. The third-order valence-corrected chi connectivity index (χ3v) is 5.96. The molecular formula is C18H18N4O3S. The number of nitrogens with one attached hydrogen (secondary N) is 1. The van der Waals surface area contributed by atoms with Crippen LogP contribution in [-0.2, 0) is 34.2 Å². The summed E-state index contributed by atoms with van der Waals surface area (Å²) >= 11 is 0. The van der Waals surface area contributed by atoms with Gasteiger partial charge in [-0.2, -0.15) is 5.10 Å². The van der Waals surface area contributed by atoms with Crippen LogP contribution in [0.3, 0.4) is 0 Å². The number of hydrogen-bond acceptors (Lipinski definition) is 5. The lowest BCUT2D eigenvalue weighted by Crippen LogP contribution is -2.32. The third kappa shape index (κ3) is 3.08. The van der Waals surface area contributed by atoms with Crippen LogP contribution in [0.2, 0.25) is 0 Å². The molecule has 0 saturated heterocycles. The standard InChI is InChI=1S/C18H18N4O3S/c23-17(11-14-12-20-22-10-2-1-7-15(14)22)21-26(24,25)16-8-3-5-13-6-4-9-19-18(13)16/h3-6,8-9,12H,1-2,7,10-11H2,(H,21,23). The number of aromatic nitrogens is 3. The molecule has 0 radical (unpaired) electrons. The van der Waals surface area contributed by atoms with E-state index in [1.807, 2.05) is 4.68 Å². The van der Waals surface area contributed by atoms with E-state index in [2.05, 4.69) is 14.8 Å². The molecule has 0 bridgehead atoms. The molecule has 8 heteroatoms. The van der Waals surface area contributed by atoms with Crippen LogP contribution in [0.25, 0.3) is 10.9 Å². The Morgan fingerprint density at radius 2 is 2.04 bits per heavy atom. The van der Waals surface area contributed by atoms with Crippen molar-refractivity contribution in [2.75, 3.05) is 0 Å². The van der Waals surface area contributed by atoms with E-state index in [0.717, 1.165) is 37.1 Å². The first-order valence-corrected chi connectivity index (χ1v) is 9.96. The van der Waals surface area contributed by atoms with E-state index in [9.17, 15) is 13.2 Å². The van der Waals surface area contributed by atoms with Crippen LogP contribution in [0.5, 0.6) is 0 Å². The minimum Gasteiger partial charge on any atom is -0.274 e. The molecule has 0 atom stereocenters. The molecule has 2 aromatic heterocycles. The van der Waals surface area contributed by atoms with Gasteiger partial charge in [0.15, 0.2) is 0 Å². The van der Waals surface area contributed by atoms with Gasteiger partial charge in [-0.1, -0.05) is 18.2 Å². The van der Waals surface area contributed by atoms with Crippen LogP contribution in [0.1, 0.15) is 24.1 Å². The van der Waals surface area contributed by atoms with Gasteiger partial charge in [0.25, 0.3) is 10.0 Å². The molecule has 134 valence electrons. The van der Waals surface area contributed by atoms with Crippen LogP contribution in [0.15, 0.2) is 47.6 Å². The number of aryl methyl sites for hydroxylation is 1. The molecule has 0 saturated carbocycles. The van der Waals surface area contributed by atoms with Crippen molar-refractivity contribution in [2.24, 2.45) is 0 Å². The van der Waals surface area contributed by atoms with Gasteiger partial charge in [-0.3, -0.25) is 14.5 Å². The van der Waals surface area contributed by atoms with Crippen LogP contribution in [-0.4, -0.2) is 29.1 Å². The lowest BCUT2D eigenvalue weighted by atomic mass is 10.0. The maximum atomic E-state index is 12.7. The van der Waals surface area contributed by atoms with Gasteiger partial charge in [-0.15, -0.1) is 0 Å². The summed E-state index contributed by atoms with van der Waals surface area (Å²) in [6.07, 6.45) is 6.17. The molecule has 26 heavy (non-hydrogen) atoms. The normalized spacial score (nSPS) is 14.2. The van der Waals surface area contributed by atoms with Crippen molar-refractivity contribution >= 4 is 26.8 Å². The fourth-order valence-corrected chi connectivity index (χ4v) is 4.50. The Morgan fingerprint density at radius 1 is 1.19 bits per heavy atom. The van der Waals surface area contributed by atoms with Crippen LogP contribution < -0.4 is 4.72 Å². The average molecular weight is 370 g/mol. The Balaban J connectivity index is 1.58. The second-order valence-electron chi connectivity index (χ2n) is 6.33. The number of fused-ring (bicyclic) bond motifs is 2. The average Bonchev–Trinajstić information content (AvgIpc) is 3.03. The molecule has 1 aliphatic rings. The molecule has 0 aliphatic carbocycles. The van der Waals surface area contributed by atoms with Gasteiger partial charge in [0.2, 0.25) is 5.91 Å². The summed E-state index contributed by atoms with van der Waals surface area (Å²) in [4.78, 5) is 16.5. The summed E-state index contributed by atoms with van der Waals surface area (Å²) in [6, 6.07) is 8.38. The number of nitrogens with zero attached hydrogens (tertiary/aromatic N) is 3. The van der Waals surface area contributed by atoms with Gasteiger partial charge in [0.1, 0.15) is 4.90 Å². The molecule has 1 N–H and O–H groups in total. The highest BCUT2D eigenvalue weighted by Gasteiger charge is 2.23. The minimum atomic E-state index is -4.00. The van der Waals surface area contributed by atoms with Crippen molar-refractivity contribution in [3.8, 4) is 0 Å². The van der Waals surface area contributed by atoms with Crippen molar-refractivity contribution in [1.82, 2.24) is 19.5 Å². The number of sulfonamides is 1. The summed E-state index contributed by atoms with van der Waals surface area (Å²) in [5.41, 5.74) is 2.15. The lowest BCUT2D eigenvalue weighted by Gasteiger charge is -2.14. The van der Waals surface area contributed by atoms with Gasteiger partial charge in [0.05, 0.1) is 18.1 Å². The zero-order chi connectivity index (χ0) is 18.1. The van der Waals surface area contributed by atoms with E-state index in [1.54, 1.807) is 30.5 Å². The maximum absolute atomic E-state index is 12.7. The summed E-state index contributed by atoms with van der Waals surface area (Å²) in [5, 5.41) is 4.98. The highest BCUT2D eigenvalue weighted by atomic mass is 32.2. The zero-order valence-corrected chi connectivity index (χ0v) is 14.9. The first-order valence-electron chi connectivity index (χ1n) is 8.47. The van der Waals surface area contributed by atoms with Gasteiger partial charge < -0.3 is 0 Å². The smallest absolute Gasteiger partial charge is 0.266 e. The Kier molecular flexibility index (Phi) is 4.20. The van der Waals surface area contributed by atoms with E-state index in [4.69, 9.17) is 0 Å². The van der Waals surface area contributed by atoms with E-state index in [0.29, 0.717) is 10.9 Å². The number of rotatable bonds is 4. The number of amides is 1. The third-order valence-electron chi connectivity index (χ3n) is 4.55. The van der Waals surface area contributed by atoms with E-state index < -0.39 is 15.9 Å². The molecule has 1 amide bonds. The first kappa shape index (κ1) is 16.7. The number of hydrogen-bond donors (Lipinski definition) is 1. The van der Waals surface area contributed by atoms with Crippen molar-refractivity contribution in [1.29, 1.82) is 0 Å². The van der Waals surface area contributed by atoms with E-state index >= 15 is 0 Å². The fourth-order valence-electron chi connectivity index (χ4n) is 3.34. The Bertz CT molecular complexity index is 1080. The molecule has 0 spiro atoms. The monoisotopic (exact) mass is 370 g/mol. The number of pyridine rings is 1. The van der Waals surface area contributed by atoms with E-state index in [-0.39, 0.29) is 11.3 Å². The van der Waals surface area contributed by atoms with Crippen LogP contribution in [0.4, 0.5) is 0 Å². The number of carbonyl (C=O) groups excluding carboxylic acids is 1. The van der Waals surface area contributed by atoms with Crippen molar-refractivity contribution < 1.29 is 13.2 Å². The van der Waals surface area contributed by atoms with Crippen LogP contribution in [0, 0.1) is 0 Å². The molecule has 1 aromatic carbocycles. The lowest BCUT2D eigenvalue weighted by molar-refractivity contribution is -0.118. The largest absolute Gasteiger partial charge is 0.274 e. The molecule has 7 nitrogen and oxygen atoms in total. The molecule has 0 fully saturated rings. The highest BCUT2D eigenvalue weighted by Crippen LogP contribution is 2.21. The Labute approximate surface area is 151 Å². The van der Waals surface area contributed by atoms with Crippen molar-refractivity contribution in [2.45, 2.75) is 37.1 Å². The predicted octanol–water partition coefficient (Wildman–Crippen LogP) is 1.82. The topological polar surface area (TPSA) is 94.0 Å². The summed E-state index contributed by atoms with van der Waals surface area (Å²) in [7, 11) is -4.00. The summed E-state index contributed by atoms with van der Waals surface area (Å²) < 4.78 is 29.4. The quantitative estimate of drug-likeness (QED) is 0.756. The van der Waals surface area contributed by atoms with Gasteiger partial charge in [-0.05, 0) is 31.4 Å².